The molecule has 0 aliphatic heterocycles. The lowest BCUT2D eigenvalue weighted by atomic mass is 10.3. The van der Waals surface area contributed by atoms with Crippen molar-refractivity contribution in [3.8, 4) is 11.5 Å². The second kappa shape index (κ2) is 6.10. The fraction of sp³-hybridized carbons (Fsp3) is 0.250. The van der Waals surface area contributed by atoms with Crippen LogP contribution < -0.4 is 14.2 Å². The van der Waals surface area contributed by atoms with Crippen molar-refractivity contribution in [2.75, 3.05) is 14.2 Å². The van der Waals surface area contributed by atoms with Gasteiger partial charge in [0.2, 0.25) is 10.0 Å². The summed E-state index contributed by atoms with van der Waals surface area (Å²) in [4.78, 5) is -0.511. The predicted octanol–water partition coefficient (Wildman–Crippen LogP) is 1.04. The number of nitrogens with one attached hydrogen (secondary N) is 2. The number of sulfonamides is 1. The summed E-state index contributed by atoms with van der Waals surface area (Å²) in [7, 11) is -1.35. The van der Waals surface area contributed by atoms with Gasteiger partial charge in [-0.05, 0) is 0 Å². The Morgan fingerprint density at radius 1 is 1.29 bits per heavy atom. The molecule has 0 bridgehead atoms. The molecule has 0 aliphatic rings. The van der Waals surface area contributed by atoms with Gasteiger partial charge in [0, 0.05) is 30.4 Å². The van der Waals surface area contributed by atoms with Crippen LogP contribution in [0.4, 0.5) is 4.39 Å². The summed E-state index contributed by atoms with van der Waals surface area (Å²) in [5.41, 5.74) is 0.624. The Kier molecular flexibility index (Phi) is 4.43. The molecule has 0 saturated carbocycles. The van der Waals surface area contributed by atoms with Gasteiger partial charge < -0.3 is 9.47 Å². The van der Waals surface area contributed by atoms with Crippen LogP contribution in [-0.4, -0.2) is 32.8 Å². The van der Waals surface area contributed by atoms with Crippen molar-refractivity contribution in [2.45, 2.75) is 11.4 Å². The maximum atomic E-state index is 13.9. The van der Waals surface area contributed by atoms with E-state index in [4.69, 9.17) is 9.47 Å². The van der Waals surface area contributed by atoms with E-state index in [9.17, 15) is 12.8 Å². The average Bonchev–Trinajstić information content (AvgIpc) is 2.98. The highest BCUT2D eigenvalue weighted by Crippen LogP contribution is 2.31. The van der Waals surface area contributed by atoms with E-state index in [0.717, 1.165) is 12.1 Å². The fourth-order valence-corrected chi connectivity index (χ4v) is 2.76. The Balaban J connectivity index is 2.31. The molecule has 1 aromatic heterocycles. The smallest absolute Gasteiger partial charge is 0.243 e. The summed E-state index contributed by atoms with van der Waals surface area (Å²) in [5, 5.41) is 6.25. The van der Waals surface area contributed by atoms with E-state index in [-0.39, 0.29) is 18.0 Å². The molecule has 0 atom stereocenters. The van der Waals surface area contributed by atoms with Gasteiger partial charge in [-0.1, -0.05) is 0 Å². The first-order valence-electron chi connectivity index (χ1n) is 5.86. The first kappa shape index (κ1) is 15.3. The van der Waals surface area contributed by atoms with E-state index in [1.807, 2.05) is 0 Å². The van der Waals surface area contributed by atoms with E-state index < -0.39 is 20.7 Å². The second-order valence-electron chi connectivity index (χ2n) is 4.07. The van der Waals surface area contributed by atoms with Crippen molar-refractivity contribution in [1.29, 1.82) is 0 Å². The quantitative estimate of drug-likeness (QED) is 0.831. The lowest BCUT2D eigenvalue weighted by Gasteiger charge is -2.11. The summed E-state index contributed by atoms with van der Waals surface area (Å²) in [6.07, 6.45) is 3.00. The van der Waals surface area contributed by atoms with Gasteiger partial charge in [0.25, 0.3) is 0 Å². The molecule has 2 rings (SSSR count). The highest BCUT2D eigenvalue weighted by Gasteiger charge is 2.22. The van der Waals surface area contributed by atoms with Crippen molar-refractivity contribution in [1.82, 2.24) is 14.9 Å². The lowest BCUT2D eigenvalue weighted by molar-refractivity contribution is 0.350. The number of hydrogen-bond donors (Lipinski definition) is 2. The molecule has 1 aromatic carbocycles. The average molecular weight is 315 g/mol. The number of nitrogens with zero attached hydrogens (tertiary/aromatic N) is 1. The van der Waals surface area contributed by atoms with Crippen molar-refractivity contribution < 1.29 is 22.3 Å². The van der Waals surface area contributed by atoms with Crippen LogP contribution in [-0.2, 0) is 16.6 Å². The molecule has 2 N–H and O–H groups in total. The van der Waals surface area contributed by atoms with Crippen LogP contribution in [0.5, 0.6) is 11.5 Å². The maximum Gasteiger partial charge on any atom is 0.243 e. The molecular weight excluding hydrogens is 301 g/mol. The molecule has 114 valence electrons. The molecule has 2 aromatic rings. The molecule has 0 amide bonds. The lowest BCUT2D eigenvalue weighted by Crippen LogP contribution is -2.24. The minimum atomic E-state index is -4.03. The number of H-pyrrole nitrogens is 1. The molecule has 1 heterocycles. The number of aromatic nitrogens is 2. The molecule has 0 spiro atoms. The van der Waals surface area contributed by atoms with Gasteiger partial charge >= 0.3 is 0 Å². The normalized spacial score (nSPS) is 11.4. The number of ether oxygens (including phenoxy) is 2. The third-order valence-electron chi connectivity index (χ3n) is 2.75. The first-order chi connectivity index (χ1) is 9.97. The van der Waals surface area contributed by atoms with E-state index in [1.54, 1.807) is 0 Å². The van der Waals surface area contributed by atoms with Crippen molar-refractivity contribution in [3.05, 3.63) is 35.9 Å². The summed E-state index contributed by atoms with van der Waals surface area (Å²) in [6.45, 7) is -0.00732. The Hall–Kier alpha value is -2.13. The van der Waals surface area contributed by atoms with E-state index in [0.29, 0.717) is 5.56 Å². The van der Waals surface area contributed by atoms with Crippen molar-refractivity contribution in [2.24, 2.45) is 0 Å². The number of aromatic amines is 1. The van der Waals surface area contributed by atoms with Crippen LogP contribution in [0, 0.1) is 5.82 Å². The minimum Gasteiger partial charge on any atom is -0.493 e. The molecule has 0 radical (unpaired) electrons. The van der Waals surface area contributed by atoms with Crippen molar-refractivity contribution >= 4 is 10.0 Å². The first-order valence-corrected chi connectivity index (χ1v) is 7.35. The Labute approximate surface area is 121 Å². The molecular formula is C12H14FN3O4S. The van der Waals surface area contributed by atoms with Gasteiger partial charge in [0.1, 0.15) is 10.7 Å². The molecule has 0 aliphatic carbocycles. The van der Waals surface area contributed by atoms with Crippen LogP contribution in [0.2, 0.25) is 0 Å². The molecule has 21 heavy (non-hydrogen) atoms. The number of benzene rings is 1. The number of methoxy groups -OCH3 is 2. The topological polar surface area (TPSA) is 93.3 Å². The van der Waals surface area contributed by atoms with Gasteiger partial charge in [-0.2, -0.15) is 5.10 Å². The summed E-state index contributed by atoms with van der Waals surface area (Å²) >= 11 is 0. The number of hydrogen-bond acceptors (Lipinski definition) is 5. The van der Waals surface area contributed by atoms with E-state index in [1.165, 1.54) is 26.6 Å². The zero-order valence-corrected chi connectivity index (χ0v) is 12.2. The van der Waals surface area contributed by atoms with Gasteiger partial charge in [0.05, 0.1) is 20.4 Å². The largest absolute Gasteiger partial charge is 0.493 e. The molecule has 7 nitrogen and oxygen atoms in total. The summed E-state index contributed by atoms with van der Waals surface area (Å²) < 4.78 is 50.4. The summed E-state index contributed by atoms with van der Waals surface area (Å²) in [6, 6.07) is 2.04. The van der Waals surface area contributed by atoms with E-state index in [2.05, 4.69) is 14.9 Å². The summed E-state index contributed by atoms with van der Waals surface area (Å²) in [5.74, 6) is -0.682. The minimum absolute atomic E-state index is 0.00732. The third-order valence-corrected chi connectivity index (χ3v) is 4.17. The molecule has 0 fully saturated rings. The fourth-order valence-electron chi connectivity index (χ4n) is 1.67. The van der Waals surface area contributed by atoms with Crippen LogP contribution >= 0.6 is 0 Å². The third kappa shape index (κ3) is 3.31. The van der Waals surface area contributed by atoms with Crippen LogP contribution in [0.25, 0.3) is 0 Å². The van der Waals surface area contributed by atoms with Gasteiger partial charge in [-0.15, -0.1) is 0 Å². The zero-order chi connectivity index (χ0) is 15.5. The second-order valence-corrected chi connectivity index (χ2v) is 5.80. The van der Waals surface area contributed by atoms with Crippen molar-refractivity contribution in [3.63, 3.8) is 0 Å². The molecule has 0 unspecified atom stereocenters. The zero-order valence-electron chi connectivity index (χ0n) is 11.4. The Bertz CT molecular complexity index is 716. The number of halogens is 1. The molecule has 9 heteroatoms. The SMILES string of the molecule is COc1cc(F)c(S(=O)(=O)NCc2cn[nH]c2)cc1OC. The Morgan fingerprint density at radius 3 is 2.52 bits per heavy atom. The molecule has 0 saturated heterocycles. The standard InChI is InChI=1S/C12H14FN3O4S/c1-19-10-3-9(13)12(4-11(10)20-2)21(17,18)16-7-8-5-14-15-6-8/h3-6,16H,7H2,1-2H3,(H,14,15). The van der Waals surface area contributed by atoms with Gasteiger partial charge in [0.15, 0.2) is 11.5 Å². The maximum absolute atomic E-state index is 13.9. The van der Waals surface area contributed by atoms with Gasteiger partial charge in [-0.3, -0.25) is 5.10 Å². The highest BCUT2D eigenvalue weighted by molar-refractivity contribution is 7.89. The monoisotopic (exact) mass is 315 g/mol. The Morgan fingerprint density at radius 2 is 1.95 bits per heavy atom. The van der Waals surface area contributed by atoms with E-state index >= 15 is 0 Å². The highest BCUT2D eigenvalue weighted by atomic mass is 32.2. The predicted molar refractivity (Wildman–Crippen MR) is 72.1 cm³/mol. The van der Waals surface area contributed by atoms with Crippen LogP contribution in [0.15, 0.2) is 29.4 Å². The van der Waals surface area contributed by atoms with Crippen LogP contribution in [0.1, 0.15) is 5.56 Å². The van der Waals surface area contributed by atoms with Crippen LogP contribution in [0.3, 0.4) is 0 Å². The van der Waals surface area contributed by atoms with Gasteiger partial charge in [-0.25, -0.2) is 17.5 Å². The number of rotatable bonds is 6.